The predicted molar refractivity (Wildman–Crippen MR) is 69.6 cm³/mol. The molecule has 8 nitrogen and oxygen atoms in total. The first-order chi connectivity index (χ1) is 9.05. The minimum absolute atomic E-state index is 0.374. The lowest BCUT2D eigenvalue weighted by Gasteiger charge is -2.22. The van der Waals surface area contributed by atoms with Gasteiger partial charge in [0, 0.05) is 0 Å². The Hall–Kier alpha value is -1.83. The zero-order chi connectivity index (χ0) is 15.9. The van der Waals surface area contributed by atoms with E-state index < -0.39 is 35.8 Å². The number of nitrogens with one attached hydrogen (secondary N) is 2. The quantitative estimate of drug-likeness (QED) is 0.481. The standard InChI is InChI=1S/C12H22N2O6/c1-7(13-11(18)20-12(2,3)4)10(17)14-8(15)6-9(16)19-5/h7-8,15H,6H2,1-5H3,(H,13,18)(H,14,17)/t7-,8?/m1/s1. The van der Waals surface area contributed by atoms with Crippen molar-refractivity contribution >= 4 is 18.0 Å². The number of hydrogen-bond donors (Lipinski definition) is 3. The molecule has 0 aromatic carbocycles. The second-order valence-electron chi connectivity index (χ2n) is 5.17. The van der Waals surface area contributed by atoms with Crippen molar-refractivity contribution in [2.75, 3.05) is 7.11 Å². The van der Waals surface area contributed by atoms with E-state index >= 15 is 0 Å². The fourth-order valence-electron chi connectivity index (χ4n) is 1.13. The third kappa shape index (κ3) is 8.30. The van der Waals surface area contributed by atoms with Gasteiger partial charge in [-0.3, -0.25) is 9.59 Å². The molecule has 0 aliphatic heterocycles. The Morgan fingerprint density at radius 2 is 1.75 bits per heavy atom. The fraction of sp³-hybridized carbons (Fsp3) is 0.750. The zero-order valence-corrected chi connectivity index (χ0v) is 12.4. The summed E-state index contributed by atoms with van der Waals surface area (Å²) in [6, 6.07) is -0.919. The first kappa shape index (κ1) is 18.2. The van der Waals surface area contributed by atoms with Gasteiger partial charge in [-0.1, -0.05) is 0 Å². The highest BCUT2D eigenvalue weighted by Crippen LogP contribution is 2.06. The van der Waals surface area contributed by atoms with Gasteiger partial charge in [-0.15, -0.1) is 0 Å². The number of amides is 2. The predicted octanol–water partition coefficient (Wildman–Crippen LogP) is -0.103. The number of carbonyl (C=O) groups excluding carboxylic acids is 3. The molecule has 0 saturated carbocycles. The fourth-order valence-corrected chi connectivity index (χ4v) is 1.13. The van der Waals surface area contributed by atoms with Gasteiger partial charge in [0.15, 0.2) is 0 Å². The van der Waals surface area contributed by atoms with E-state index in [2.05, 4.69) is 15.4 Å². The molecule has 2 amide bonds. The molecule has 8 heteroatoms. The average molecular weight is 290 g/mol. The van der Waals surface area contributed by atoms with Crippen LogP contribution in [0.25, 0.3) is 0 Å². The highest BCUT2D eigenvalue weighted by molar-refractivity contribution is 5.85. The Morgan fingerprint density at radius 3 is 2.20 bits per heavy atom. The first-order valence-electron chi connectivity index (χ1n) is 6.10. The van der Waals surface area contributed by atoms with E-state index in [1.807, 2.05) is 0 Å². The van der Waals surface area contributed by atoms with Crippen LogP contribution in [0.4, 0.5) is 4.79 Å². The smallest absolute Gasteiger partial charge is 0.408 e. The molecule has 116 valence electrons. The maximum absolute atomic E-state index is 11.6. The second-order valence-corrected chi connectivity index (χ2v) is 5.17. The summed E-state index contributed by atoms with van der Waals surface area (Å²) in [4.78, 5) is 33.9. The van der Waals surface area contributed by atoms with Gasteiger partial charge in [0.1, 0.15) is 17.9 Å². The highest BCUT2D eigenvalue weighted by atomic mass is 16.6. The monoisotopic (exact) mass is 290 g/mol. The first-order valence-corrected chi connectivity index (χ1v) is 6.10. The number of aliphatic hydroxyl groups is 1. The molecule has 0 spiro atoms. The summed E-state index contributed by atoms with van der Waals surface area (Å²) in [5.74, 6) is -1.31. The summed E-state index contributed by atoms with van der Waals surface area (Å²) in [5.41, 5.74) is -0.676. The Bertz CT molecular complexity index is 363. The van der Waals surface area contributed by atoms with Gasteiger partial charge in [-0.05, 0) is 27.7 Å². The maximum Gasteiger partial charge on any atom is 0.408 e. The van der Waals surface area contributed by atoms with Crippen LogP contribution in [-0.4, -0.2) is 48.1 Å². The van der Waals surface area contributed by atoms with Gasteiger partial charge in [0.25, 0.3) is 0 Å². The lowest BCUT2D eigenvalue weighted by molar-refractivity contribution is -0.143. The van der Waals surface area contributed by atoms with Crippen molar-refractivity contribution in [3.05, 3.63) is 0 Å². The van der Waals surface area contributed by atoms with Crippen LogP contribution < -0.4 is 10.6 Å². The Balaban J connectivity index is 4.22. The number of alkyl carbamates (subject to hydrolysis) is 1. The molecule has 0 aliphatic carbocycles. The Labute approximate surface area is 117 Å². The molecule has 0 rings (SSSR count). The summed E-state index contributed by atoms with van der Waals surface area (Å²) in [5, 5.41) is 13.9. The van der Waals surface area contributed by atoms with Crippen LogP contribution in [0.5, 0.6) is 0 Å². The largest absolute Gasteiger partial charge is 0.469 e. The molecule has 3 N–H and O–H groups in total. The van der Waals surface area contributed by atoms with Crippen molar-refractivity contribution in [2.24, 2.45) is 0 Å². The minimum atomic E-state index is -1.38. The molecule has 0 radical (unpaired) electrons. The number of ether oxygens (including phenoxy) is 2. The number of carbonyl (C=O) groups is 3. The Morgan fingerprint density at radius 1 is 1.20 bits per heavy atom. The van der Waals surface area contributed by atoms with Gasteiger partial charge in [0.2, 0.25) is 5.91 Å². The molecule has 0 saturated heterocycles. The normalized spacial score (nSPS) is 13.9. The van der Waals surface area contributed by atoms with Crippen molar-refractivity contribution in [1.82, 2.24) is 10.6 Å². The maximum atomic E-state index is 11.6. The van der Waals surface area contributed by atoms with Crippen molar-refractivity contribution in [1.29, 1.82) is 0 Å². The van der Waals surface area contributed by atoms with Crippen LogP contribution in [0.15, 0.2) is 0 Å². The molecular formula is C12H22N2O6. The van der Waals surface area contributed by atoms with E-state index in [-0.39, 0.29) is 6.42 Å². The van der Waals surface area contributed by atoms with Gasteiger partial charge in [-0.2, -0.15) is 0 Å². The summed E-state index contributed by atoms with van der Waals surface area (Å²) in [6.07, 6.45) is -2.50. The average Bonchev–Trinajstić information content (AvgIpc) is 2.25. The van der Waals surface area contributed by atoms with Crippen LogP contribution >= 0.6 is 0 Å². The lowest BCUT2D eigenvalue weighted by Crippen LogP contribution is -2.49. The van der Waals surface area contributed by atoms with Crippen LogP contribution in [0.1, 0.15) is 34.1 Å². The van der Waals surface area contributed by atoms with E-state index in [1.54, 1.807) is 20.8 Å². The third-order valence-corrected chi connectivity index (χ3v) is 2.02. The van der Waals surface area contributed by atoms with Crippen LogP contribution in [0.2, 0.25) is 0 Å². The second kappa shape index (κ2) is 7.68. The van der Waals surface area contributed by atoms with Gasteiger partial charge < -0.3 is 25.2 Å². The molecule has 0 heterocycles. The van der Waals surface area contributed by atoms with Crippen molar-refractivity contribution in [3.63, 3.8) is 0 Å². The molecule has 0 aromatic rings. The lowest BCUT2D eigenvalue weighted by atomic mass is 10.2. The Kier molecular flexibility index (Phi) is 6.98. The third-order valence-electron chi connectivity index (χ3n) is 2.02. The summed E-state index contributed by atoms with van der Waals surface area (Å²) < 4.78 is 9.32. The topological polar surface area (TPSA) is 114 Å². The van der Waals surface area contributed by atoms with Gasteiger partial charge in [-0.25, -0.2) is 4.79 Å². The number of rotatable bonds is 5. The van der Waals surface area contributed by atoms with E-state index in [0.717, 1.165) is 0 Å². The highest BCUT2D eigenvalue weighted by Gasteiger charge is 2.22. The van der Waals surface area contributed by atoms with E-state index in [4.69, 9.17) is 4.74 Å². The summed E-state index contributed by atoms with van der Waals surface area (Å²) in [6.45, 7) is 6.50. The van der Waals surface area contributed by atoms with Crippen LogP contribution in [-0.2, 0) is 19.1 Å². The molecule has 0 bridgehead atoms. The van der Waals surface area contributed by atoms with E-state index in [1.165, 1.54) is 14.0 Å². The molecule has 0 aromatic heterocycles. The summed E-state index contributed by atoms with van der Waals surface area (Å²) in [7, 11) is 1.17. The van der Waals surface area contributed by atoms with Crippen molar-refractivity contribution in [3.8, 4) is 0 Å². The van der Waals surface area contributed by atoms with E-state index in [0.29, 0.717) is 0 Å². The minimum Gasteiger partial charge on any atom is -0.469 e. The summed E-state index contributed by atoms with van der Waals surface area (Å²) >= 11 is 0. The van der Waals surface area contributed by atoms with Gasteiger partial charge in [0.05, 0.1) is 13.5 Å². The van der Waals surface area contributed by atoms with E-state index in [9.17, 15) is 19.5 Å². The molecular weight excluding hydrogens is 268 g/mol. The molecule has 0 fully saturated rings. The zero-order valence-electron chi connectivity index (χ0n) is 12.4. The molecule has 2 atom stereocenters. The van der Waals surface area contributed by atoms with Crippen molar-refractivity contribution < 1.29 is 29.0 Å². The number of aliphatic hydroxyl groups excluding tert-OH is 1. The molecule has 20 heavy (non-hydrogen) atoms. The van der Waals surface area contributed by atoms with Gasteiger partial charge >= 0.3 is 12.1 Å². The van der Waals surface area contributed by atoms with Crippen LogP contribution in [0.3, 0.4) is 0 Å². The number of esters is 1. The number of methoxy groups -OCH3 is 1. The van der Waals surface area contributed by atoms with Crippen molar-refractivity contribution in [2.45, 2.75) is 52.0 Å². The molecule has 1 unspecified atom stereocenters. The van der Waals surface area contributed by atoms with Crippen LogP contribution in [0, 0.1) is 0 Å². The SMILES string of the molecule is COC(=O)CC(O)NC(=O)[C@@H](C)NC(=O)OC(C)(C)C. The number of hydrogen-bond acceptors (Lipinski definition) is 6. The molecule has 0 aliphatic rings.